The molecular formula is C24H25BOP+. The second kappa shape index (κ2) is 8.01. The molecule has 0 saturated carbocycles. The number of hydrogen-bond acceptors (Lipinski definition) is 1. The SMILES string of the molecule is [B][P+]1(C[C@H](O)c2ccccc2)[C@@H](c2ccccc2)CC[C@@H]1c1ccccc1. The molecule has 1 saturated heterocycles. The van der Waals surface area contributed by atoms with Crippen molar-refractivity contribution < 1.29 is 5.11 Å². The Kier molecular flexibility index (Phi) is 5.48. The topological polar surface area (TPSA) is 20.2 Å². The number of hydrogen-bond donors (Lipinski definition) is 1. The predicted octanol–water partition coefficient (Wildman–Crippen LogP) is 6.10. The van der Waals surface area contributed by atoms with Crippen molar-refractivity contribution in [2.45, 2.75) is 30.3 Å². The van der Waals surface area contributed by atoms with Gasteiger partial charge < -0.3 is 5.11 Å². The van der Waals surface area contributed by atoms with E-state index in [9.17, 15) is 5.11 Å². The van der Waals surface area contributed by atoms with Crippen LogP contribution >= 0.6 is 7.14 Å². The van der Waals surface area contributed by atoms with Crippen LogP contribution in [0.4, 0.5) is 0 Å². The molecular weight excluding hydrogens is 346 g/mol. The Labute approximate surface area is 164 Å². The normalized spacial score (nSPS) is 22.4. The largest absolute Gasteiger partial charge is 0.385 e. The van der Waals surface area contributed by atoms with Crippen LogP contribution in [0.1, 0.15) is 47.0 Å². The molecule has 0 bridgehead atoms. The van der Waals surface area contributed by atoms with Crippen LogP contribution in [0.3, 0.4) is 0 Å². The van der Waals surface area contributed by atoms with Crippen LogP contribution in [0, 0.1) is 0 Å². The van der Waals surface area contributed by atoms with E-state index in [-0.39, 0.29) is 0 Å². The van der Waals surface area contributed by atoms with Crippen LogP contribution in [-0.4, -0.2) is 18.8 Å². The summed E-state index contributed by atoms with van der Waals surface area (Å²) < 4.78 is 0. The quantitative estimate of drug-likeness (QED) is 0.425. The zero-order valence-electron chi connectivity index (χ0n) is 15.5. The van der Waals surface area contributed by atoms with Crippen LogP contribution in [0.15, 0.2) is 91.0 Å². The summed E-state index contributed by atoms with van der Waals surface area (Å²) in [4.78, 5) is 0. The standard InChI is InChI=1S/C24H25BOP/c25-27(18-22(26)19-10-4-1-5-11-19)23(20-12-6-2-7-13-20)16-17-24(27)21-14-8-3-9-15-21/h1-15,22-24,26H,16-18H2/q+1/t22-,23+,24+/m0/s1. The second-order valence-corrected chi connectivity index (χ2v) is 11.1. The Hall–Kier alpha value is -1.89. The monoisotopic (exact) mass is 371 g/mol. The molecule has 0 aromatic heterocycles. The first-order valence-electron chi connectivity index (χ1n) is 9.67. The van der Waals surface area contributed by atoms with E-state index < -0.39 is 13.2 Å². The van der Waals surface area contributed by atoms with Gasteiger partial charge in [-0.3, -0.25) is 0 Å². The zero-order valence-corrected chi connectivity index (χ0v) is 16.4. The first kappa shape index (κ1) is 18.5. The smallest absolute Gasteiger partial charge is 0.366 e. The molecule has 0 aliphatic carbocycles. The zero-order chi connectivity index (χ0) is 18.7. The lowest BCUT2D eigenvalue weighted by Crippen LogP contribution is -2.15. The minimum Gasteiger partial charge on any atom is -0.385 e. The molecule has 1 nitrogen and oxygen atoms in total. The fourth-order valence-corrected chi connectivity index (χ4v) is 9.05. The maximum atomic E-state index is 11.0. The van der Waals surface area contributed by atoms with Crippen molar-refractivity contribution in [1.82, 2.24) is 0 Å². The van der Waals surface area contributed by atoms with Crippen molar-refractivity contribution in [1.29, 1.82) is 0 Å². The molecule has 1 heterocycles. The van der Waals surface area contributed by atoms with E-state index in [0.29, 0.717) is 17.5 Å². The van der Waals surface area contributed by atoms with Crippen LogP contribution < -0.4 is 0 Å². The molecule has 3 aromatic rings. The molecule has 3 aromatic carbocycles. The lowest BCUT2D eigenvalue weighted by Gasteiger charge is -2.33. The highest BCUT2D eigenvalue weighted by Crippen LogP contribution is 2.82. The van der Waals surface area contributed by atoms with Crippen molar-refractivity contribution in [3.63, 3.8) is 0 Å². The molecule has 2 radical (unpaired) electrons. The maximum Gasteiger partial charge on any atom is 0.366 e. The molecule has 1 fully saturated rings. The molecule has 1 aliphatic rings. The third-order valence-electron chi connectivity index (χ3n) is 5.92. The van der Waals surface area contributed by atoms with Gasteiger partial charge in [-0.15, -0.1) is 0 Å². The molecule has 0 amide bonds. The Balaban J connectivity index is 1.71. The van der Waals surface area contributed by atoms with E-state index in [1.807, 2.05) is 30.3 Å². The number of benzene rings is 3. The lowest BCUT2D eigenvalue weighted by atomic mass is 10.0. The van der Waals surface area contributed by atoms with Gasteiger partial charge in [0.15, 0.2) is 0 Å². The average Bonchev–Trinajstić information content (AvgIpc) is 3.06. The van der Waals surface area contributed by atoms with Gasteiger partial charge in [-0.2, -0.15) is 0 Å². The Morgan fingerprint density at radius 1 is 0.741 bits per heavy atom. The Bertz CT molecular complexity index is 806. The van der Waals surface area contributed by atoms with Gasteiger partial charge in [0.1, 0.15) is 6.10 Å². The van der Waals surface area contributed by atoms with E-state index in [0.717, 1.165) is 18.4 Å². The second-order valence-electron chi connectivity index (χ2n) is 7.53. The minimum atomic E-state index is -1.96. The maximum absolute atomic E-state index is 11.0. The Morgan fingerprint density at radius 3 is 1.59 bits per heavy atom. The fourth-order valence-electron chi connectivity index (χ4n) is 4.59. The van der Waals surface area contributed by atoms with Gasteiger partial charge in [-0.25, -0.2) is 0 Å². The molecule has 4 rings (SSSR count). The van der Waals surface area contributed by atoms with Crippen molar-refractivity contribution >= 4 is 14.7 Å². The number of aliphatic hydroxyl groups is 1. The first-order valence-corrected chi connectivity index (χ1v) is 11.9. The predicted molar refractivity (Wildman–Crippen MR) is 117 cm³/mol. The van der Waals surface area contributed by atoms with Crippen molar-refractivity contribution in [3.05, 3.63) is 108 Å². The number of aliphatic hydroxyl groups excluding tert-OH is 1. The molecule has 0 unspecified atom stereocenters. The summed E-state index contributed by atoms with van der Waals surface area (Å²) in [5.74, 6) is 0. The van der Waals surface area contributed by atoms with Crippen molar-refractivity contribution in [2.75, 3.05) is 6.16 Å². The summed E-state index contributed by atoms with van der Waals surface area (Å²) in [6.07, 6.45) is 2.33. The van der Waals surface area contributed by atoms with E-state index in [2.05, 4.69) is 60.7 Å². The van der Waals surface area contributed by atoms with Gasteiger partial charge in [0.25, 0.3) is 0 Å². The summed E-state index contributed by atoms with van der Waals surface area (Å²) in [5, 5.41) is 11.0. The molecule has 0 spiro atoms. The first-order chi connectivity index (χ1) is 13.2. The van der Waals surface area contributed by atoms with Crippen LogP contribution in [-0.2, 0) is 0 Å². The van der Waals surface area contributed by atoms with Crippen LogP contribution in [0.5, 0.6) is 0 Å². The number of rotatable bonds is 5. The van der Waals surface area contributed by atoms with E-state index >= 15 is 0 Å². The van der Waals surface area contributed by atoms with E-state index in [1.54, 1.807) is 0 Å². The molecule has 3 atom stereocenters. The van der Waals surface area contributed by atoms with Crippen molar-refractivity contribution in [3.8, 4) is 0 Å². The fraction of sp³-hybridized carbons (Fsp3) is 0.250. The van der Waals surface area contributed by atoms with Gasteiger partial charge >= 0.3 is 7.57 Å². The van der Waals surface area contributed by atoms with Gasteiger partial charge in [0.2, 0.25) is 0 Å². The highest BCUT2D eigenvalue weighted by Gasteiger charge is 2.54. The highest BCUT2D eigenvalue weighted by atomic mass is 31.2. The summed E-state index contributed by atoms with van der Waals surface area (Å²) in [6, 6.07) is 31.3. The molecule has 1 aliphatic heterocycles. The van der Waals surface area contributed by atoms with Crippen LogP contribution in [0.2, 0.25) is 0 Å². The molecule has 1 N–H and O–H groups in total. The summed E-state index contributed by atoms with van der Waals surface area (Å²) in [5.41, 5.74) is 4.32. The Morgan fingerprint density at radius 2 is 1.15 bits per heavy atom. The van der Waals surface area contributed by atoms with E-state index in [4.69, 9.17) is 7.57 Å². The lowest BCUT2D eigenvalue weighted by molar-refractivity contribution is 0.202. The van der Waals surface area contributed by atoms with Gasteiger partial charge in [-0.05, 0) is 36.7 Å². The summed E-state index contributed by atoms with van der Waals surface area (Å²) >= 11 is 0. The summed E-state index contributed by atoms with van der Waals surface area (Å²) in [6.45, 7) is 0. The molecule has 27 heavy (non-hydrogen) atoms. The highest BCUT2D eigenvalue weighted by molar-refractivity contribution is 7.98. The van der Waals surface area contributed by atoms with Gasteiger partial charge in [0.05, 0.1) is 17.5 Å². The molecule has 134 valence electrons. The third kappa shape index (κ3) is 3.75. The third-order valence-corrected chi connectivity index (χ3v) is 10.3. The average molecular weight is 371 g/mol. The van der Waals surface area contributed by atoms with Gasteiger partial charge in [0, 0.05) is 0 Å². The molecule has 3 heteroatoms. The van der Waals surface area contributed by atoms with Crippen LogP contribution in [0.25, 0.3) is 0 Å². The minimum absolute atomic E-state index is 0.349. The van der Waals surface area contributed by atoms with E-state index in [1.165, 1.54) is 11.1 Å². The van der Waals surface area contributed by atoms with Crippen molar-refractivity contribution in [2.24, 2.45) is 0 Å². The summed E-state index contributed by atoms with van der Waals surface area (Å²) in [7, 11) is 5.35. The van der Waals surface area contributed by atoms with Gasteiger partial charge in [-0.1, -0.05) is 91.0 Å².